The van der Waals surface area contributed by atoms with Gasteiger partial charge in [0.05, 0.1) is 0 Å². The molecule has 30 heavy (non-hydrogen) atoms. The van der Waals surface area contributed by atoms with Crippen molar-refractivity contribution in [3.63, 3.8) is 0 Å². The number of benzene rings is 2. The Hall–Kier alpha value is -3.26. The first kappa shape index (κ1) is 20.0. The van der Waals surface area contributed by atoms with Crippen LogP contribution in [0.25, 0.3) is 21.8 Å². The number of nitrogens with one attached hydrogen (secondary N) is 2. The van der Waals surface area contributed by atoms with E-state index in [1.165, 1.54) is 38.5 Å². The van der Waals surface area contributed by atoms with Gasteiger partial charge < -0.3 is 9.97 Å². The van der Waals surface area contributed by atoms with E-state index in [4.69, 9.17) is 0 Å². The van der Waals surface area contributed by atoms with E-state index in [9.17, 15) is 0 Å². The van der Waals surface area contributed by atoms with Crippen LogP contribution in [0.2, 0.25) is 0 Å². The number of hydrogen-bond donors (Lipinski definition) is 2. The molecule has 0 unspecified atom stereocenters. The molecule has 6 rings (SSSR count). The van der Waals surface area contributed by atoms with Crippen LogP contribution in [0.3, 0.4) is 0 Å². The van der Waals surface area contributed by atoms with Gasteiger partial charge in [0.1, 0.15) is 0 Å². The largest absolute Gasteiger partial charge is 2.00 e. The molecule has 0 amide bonds. The summed E-state index contributed by atoms with van der Waals surface area (Å²) >= 11 is 0. The van der Waals surface area contributed by atoms with Crippen molar-refractivity contribution in [3.05, 3.63) is 132 Å². The molecule has 0 atom stereocenters. The predicted octanol–water partition coefficient (Wildman–Crippen LogP) is 6.95. The van der Waals surface area contributed by atoms with E-state index in [1.54, 1.807) is 0 Å². The van der Waals surface area contributed by atoms with E-state index < -0.39 is 0 Å². The van der Waals surface area contributed by atoms with Crippen LogP contribution in [-0.4, -0.2) is 9.97 Å². The number of H-pyrrole nitrogens is 2. The van der Waals surface area contributed by atoms with Gasteiger partial charge in [-0.1, -0.05) is 36.4 Å². The van der Waals surface area contributed by atoms with Gasteiger partial charge in [0.2, 0.25) is 0 Å². The quantitative estimate of drug-likeness (QED) is 0.225. The maximum absolute atomic E-state index is 3.43. The first-order valence-electron chi connectivity index (χ1n) is 9.92. The van der Waals surface area contributed by atoms with Crippen molar-refractivity contribution in [1.82, 2.24) is 9.97 Å². The van der Waals surface area contributed by atoms with Crippen molar-refractivity contribution >= 4 is 21.8 Å². The smallest absolute Gasteiger partial charge is 0.361 e. The van der Waals surface area contributed by atoms with Crippen LogP contribution in [0.15, 0.2) is 116 Å². The fourth-order valence-corrected chi connectivity index (χ4v) is 4.09. The number of aromatic nitrogens is 2. The summed E-state index contributed by atoms with van der Waals surface area (Å²) in [6.07, 6.45) is 4.31. The first-order valence-corrected chi connectivity index (χ1v) is 9.92. The topological polar surface area (TPSA) is 31.6 Å². The molecule has 0 saturated carbocycles. The first-order chi connectivity index (χ1) is 14.4. The molecule has 2 N–H and O–H groups in total. The Labute approximate surface area is 186 Å². The van der Waals surface area contributed by atoms with Gasteiger partial charge >= 0.3 is 17.1 Å². The molecular formula is C27H22FeN2. The minimum absolute atomic E-state index is 0. The van der Waals surface area contributed by atoms with Gasteiger partial charge in [-0.15, -0.1) is 0 Å². The second-order valence-electron chi connectivity index (χ2n) is 7.19. The summed E-state index contributed by atoms with van der Waals surface area (Å²) in [6, 6.07) is 35.7. The van der Waals surface area contributed by atoms with Crippen LogP contribution in [0.5, 0.6) is 0 Å². The van der Waals surface area contributed by atoms with Crippen molar-refractivity contribution in [2.75, 3.05) is 0 Å². The summed E-state index contributed by atoms with van der Waals surface area (Å²) in [7, 11) is 0. The van der Waals surface area contributed by atoms with Crippen LogP contribution in [0, 0.1) is 0 Å². The molecule has 6 aromatic rings. The predicted molar refractivity (Wildman–Crippen MR) is 122 cm³/mol. The maximum Gasteiger partial charge on any atom is 2.00 e. The molecule has 0 saturated heterocycles. The van der Waals surface area contributed by atoms with Crippen molar-refractivity contribution in [2.45, 2.75) is 5.92 Å². The zero-order valence-electron chi connectivity index (χ0n) is 16.4. The van der Waals surface area contributed by atoms with E-state index in [0.29, 0.717) is 0 Å². The number of rotatable bonds is 3. The SMILES string of the molecule is [Fe+2].c1c[cH-]c(C(c2c[nH]c3ccccc23)c2c[nH]c3ccccc23)c1.c1cc[cH-]c1. The molecule has 0 fully saturated rings. The minimum atomic E-state index is 0. The number of hydrogen-bond acceptors (Lipinski definition) is 0. The van der Waals surface area contributed by atoms with Crippen molar-refractivity contribution in [3.8, 4) is 0 Å². The second kappa shape index (κ2) is 9.04. The zero-order chi connectivity index (χ0) is 19.5. The normalized spacial score (nSPS) is 10.7. The molecule has 2 heterocycles. The molecule has 0 spiro atoms. The Morgan fingerprint density at radius 3 is 1.63 bits per heavy atom. The molecule has 0 radical (unpaired) electrons. The van der Waals surface area contributed by atoms with E-state index in [1.807, 2.05) is 30.3 Å². The van der Waals surface area contributed by atoms with Gasteiger partial charge in [0.15, 0.2) is 0 Å². The molecule has 0 bridgehead atoms. The van der Waals surface area contributed by atoms with Gasteiger partial charge in [0, 0.05) is 40.1 Å². The molecule has 2 aromatic heterocycles. The monoisotopic (exact) mass is 430 g/mol. The Morgan fingerprint density at radius 2 is 1.17 bits per heavy atom. The van der Waals surface area contributed by atoms with Crippen LogP contribution >= 0.6 is 0 Å². The number of para-hydroxylation sites is 2. The third-order valence-electron chi connectivity index (χ3n) is 5.44. The van der Waals surface area contributed by atoms with Crippen LogP contribution in [0.1, 0.15) is 22.6 Å². The summed E-state index contributed by atoms with van der Waals surface area (Å²) in [5.41, 5.74) is 6.33. The Kier molecular flexibility index (Phi) is 6.04. The summed E-state index contributed by atoms with van der Waals surface area (Å²) in [4.78, 5) is 6.86. The zero-order valence-corrected chi connectivity index (χ0v) is 17.5. The van der Waals surface area contributed by atoms with Gasteiger partial charge in [-0.05, 0) is 23.3 Å². The average Bonchev–Trinajstić information content (AvgIpc) is 3.57. The second-order valence-corrected chi connectivity index (χ2v) is 7.19. The fourth-order valence-electron chi connectivity index (χ4n) is 4.09. The van der Waals surface area contributed by atoms with E-state index in [2.05, 4.69) is 95.2 Å². The van der Waals surface area contributed by atoms with Gasteiger partial charge in [-0.2, -0.15) is 35.9 Å². The summed E-state index contributed by atoms with van der Waals surface area (Å²) in [6.45, 7) is 0. The molecular weight excluding hydrogens is 408 g/mol. The average molecular weight is 430 g/mol. The number of aromatic amines is 2. The summed E-state index contributed by atoms with van der Waals surface area (Å²) in [5, 5.41) is 2.57. The molecule has 0 aliphatic carbocycles. The van der Waals surface area contributed by atoms with Crippen molar-refractivity contribution in [2.24, 2.45) is 0 Å². The molecule has 4 aromatic carbocycles. The van der Waals surface area contributed by atoms with E-state index in [0.717, 1.165) is 0 Å². The van der Waals surface area contributed by atoms with Crippen molar-refractivity contribution in [1.29, 1.82) is 0 Å². The van der Waals surface area contributed by atoms with Crippen LogP contribution in [0.4, 0.5) is 0 Å². The van der Waals surface area contributed by atoms with E-state index >= 15 is 0 Å². The van der Waals surface area contributed by atoms with Crippen LogP contribution in [-0.2, 0) is 17.1 Å². The molecule has 0 aliphatic rings. The Bertz CT molecular complexity index is 1210. The van der Waals surface area contributed by atoms with Gasteiger partial charge in [-0.25, -0.2) is 24.3 Å². The van der Waals surface area contributed by atoms with E-state index in [-0.39, 0.29) is 23.0 Å². The third-order valence-corrected chi connectivity index (χ3v) is 5.44. The fraction of sp³-hybridized carbons (Fsp3) is 0.0370. The molecule has 0 aliphatic heterocycles. The standard InChI is InChI=1S/C22H17N2.C5H5.Fe/c1-2-8-15(7-1)22(18-13-23-20-11-5-3-9-16(18)20)19-14-24-21-12-6-4-10-17(19)21;1-2-4-5-3-1;/h1-14,22-24H;1-5H;/q2*-1;+2. The third kappa shape index (κ3) is 3.78. The Morgan fingerprint density at radius 1 is 0.600 bits per heavy atom. The Balaban J connectivity index is 0.000000321. The minimum Gasteiger partial charge on any atom is -0.361 e. The molecule has 3 heteroatoms. The molecule has 148 valence electrons. The van der Waals surface area contributed by atoms with Gasteiger partial charge in [-0.3, -0.25) is 0 Å². The molecule has 2 nitrogen and oxygen atoms in total. The summed E-state index contributed by atoms with van der Waals surface area (Å²) in [5.74, 6) is 0.215. The number of fused-ring (bicyclic) bond motifs is 2. The van der Waals surface area contributed by atoms with Gasteiger partial charge in [0.25, 0.3) is 0 Å². The summed E-state index contributed by atoms with van der Waals surface area (Å²) < 4.78 is 0. The maximum atomic E-state index is 3.43. The van der Waals surface area contributed by atoms with Crippen LogP contribution < -0.4 is 0 Å². The van der Waals surface area contributed by atoms with Crippen molar-refractivity contribution < 1.29 is 17.1 Å².